The van der Waals surface area contributed by atoms with E-state index in [-0.39, 0.29) is 12.5 Å². The number of ether oxygens (including phenoxy) is 2. The normalized spacial score (nSPS) is 13.3. The zero-order valence-corrected chi connectivity index (χ0v) is 13.1. The van der Waals surface area contributed by atoms with Crippen LogP contribution in [0.4, 0.5) is 11.4 Å². The van der Waals surface area contributed by atoms with Crippen LogP contribution >= 0.6 is 0 Å². The van der Waals surface area contributed by atoms with Gasteiger partial charge in [0, 0.05) is 17.9 Å². The molecule has 3 rings (SSSR count). The van der Waals surface area contributed by atoms with Crippen molar-refractivity contribution >= 4 is 17.3 Å². The van der Waals surface area contributed by atoms with Crippen molar-refractivity contribution in [2.24, 2.45) is 0 Å². The SMILES string of the molecule is COc1ccccc1OCC(=O)N1CCCc2c(N)cccc21. The number of hydrogen-bond donors (Lipinski definition) is 1. The molecule has 0 bridgehead atoms. The highest BCUT2D eigenvalue weighted by molar-refractivity contribution is 5.96. The average molecular weight is 312 g/mol. The number of rotatable bonds is 4. The number of carbonyl (C=O) groups excluding carboxylic acids is 1. The second-order valence-corrected chi connectivity index (χ2v) is 5.43. The zero-order chi connectivity index (χ0) is 16.2. The molecule has 0 aliphatic carbocycles. The Kier molecular flexibility index (Phi) is 4.37. The third kappa shape index (κ3) is 3.08. The summed E-state index contributed by atoms with van der Waals surface area (Å²) in [6.45, 7) is 0.652. The largest absolute Gasteiger partial charge is 0.493 e. The van der Waals surface area contributed by atoms with Gasteiger partial charge in [-0.25, -0.2) is 0 Å². The van der Waals surface area contributed by atoms with E-state index in [4.69, 9.17) is 15.2 Å². The summed E-state index contributed by atoms with van der Waals surface area (Å²) in [6.07, 6.45) is 1.81. The molecule has 2 aromatic rings. The molecule has 0 unspecified atom stereocenters. The molecule has 0 fully saturated rings. The van der Waals surface area contributed by atoms with E-state index in [1.54, 1.807) is 24.1 Å². The van der Waals surface area contributed by atoms with Crippen molar-refractivity contribution in [2.45, 2.75) is 12.8 Å². The number of methoxy groups -OCH3 is 1. The van der Waals surface area contributed by atoms with Crippen LogP contribution in [0.15, 0.2) is 42.5 Å². The first kappa shape index (κ1) is 15.2. The third-order valence-corrected chi connectivity index (χ3v) is 4.01. The first-order chi connectivity index (χ1) is 11.2. The standard InChI is InChI=1S/C18H20N2O3/c1-22-16-9-2-3-10-17(16)23-12-18(21)20-11-5-6-13-14(19)7-4-8-15(13)20/h2-4,7-10H,5-6,11-12,19H2,1H3. The second-order valence-electron chi connectivity index (χ2n) is 5.43. The van der Waals surface area contributed by atoms with Crippen LogP contribution in [0.25, 0.3) is 0 Å². The quantitative estimate of drug-likeness (QED) is 0.882. The molecular weight excluding hydrogens is 292 g/mol. The lowest BCUT2D eigenvalue weighted by Gasteiger charge is -2.30. The molecule has 0 saturated carbocycles. The van der Waals surface area contributed by atoms with Crippen molar-refractivity contribution in [1.29, 1.82) is 0 Å². The Balaban J connectivity index is 1.74. The summed E-state index contributed by atoms with van der Waals surface area (Å²) in [5, 5.41) is 0. The molecule has 120 valence electrons. The van der Waals surface area contributed by atoms with Crippen molar-refractivity contribution in [3.63, 3.8) is 0 Å². The topological polar surface area (TPSA) is 64.8 Å². The average Bonchev–Trinajstić information content (AvgIpc) is 2.60. The Morgan fingerprint density at radius 2 is 1.96 bits per heavy atom. The van der Waals surface area contributed by atoms with Gasteiger partial charge < -0.3 is 20.1 Å². The van der Waals surface area contributed by atoms with E-state index < -0.39 is 0 Å². The summed E-state index contributed by atoms with van der Waals surface area (Å²) in [7, 11) is 1.58. The van der Waals surface area contributed by atoms with Crippen molar-refractivity contribution < 1.29 is 14.3 Å². The van der Waals surface area contributed by atoms with E-state index in [9.17, 15) is 4.79 Å². The number of hydrogen-bond acceptors (Lipinski definition) is 4. The maximum atomic E-state index is 12.6. The number of fused-ring (bicyclic) bond motifs is 1. The van der Waals surface area contributed by atoms with Gasteiger partial charge in [-0.15, -0.1) is 0 Å². The van der Waals surface area contributed by atoms with Gasteiger partial charge in [0.25, 0.3) is 5.91 Å². The summed E-state index contributed by atoms with van der Waals surface area (Å²) in [5.41, 5.74) is 8.70. The first-order valence-electron chi connectivity index (χ1n) is 7.64. The van der Waals surface area contributed by atoms with Crippen LogP contribution in [0.3, 0.4) is 0 Å². The van der Waals surface area contributed by atoms with E-state index in [0.29, 0.717) is 18.0 Å². The lowest BCUT2D eigenvalue weighted by atomic mass is 10.00. The highest BCUT2D eigenvalue weighted by Crippen LogP contribution is 2.31. The lowest BCUT2D eigenvalue weighted by Crippen LogP contribution is -2.38. The Labute approximate surface area is 135 Å². The van der Waals surface area contributed by atoms with Gasteiger partial charge >= 0.3 is 0 Å². The summed E-state index contributed by atoms with van der Waals surface area (Å²) in [5.74, 6) is 1.10. The third-order valence-electron chi connectivity index (χ3n) is 4.01. The first-order valence-corrected chi connectivity index (χ1v) is 7.64. The predicted octanol–water partition coefficient (Wildman–Crippen LogP) is 2.64. The Hall–Kier alpha value is -2.69. The molecule has 2 aromatic carbocycles. The predicted molar refractivity (Wildman–Crippen MR) is 90.0 cm³/mol. The maximum Gasteiger partial charge on any atom is 0.264 e. The van der Waals surface area contributed by atoms with Gasteiger partial charge in [0.05, 0.1) is 7.11 Å². The number of nitrogens with zero attached hydrogens (tertiary/aromatic N) is 1. The highest BCUT2D eigenvalue weighted by atomic mass is 16.5. The van der Waals surface area contributed by atoms with Crippen molar-refractivity contribution in [1.82, 2.24) is 0 Å². The van der Waals surface area contributed by atoms with Crippen molar-refractivity contribution in [2.75, 3.05) is 30.9 Å². The molecular formula is C18H20N2O3. The Morgan fingerprint density at radius 3 is 2.74 bits per heavy atom. The highest BCUT2D eigenvalue weighted by Gasteiger charge is 2.24. The fraction of sp³-hybridized carbons (Fsp3) is 0.278. The van der Waals surface area contributed by atoms with Crippen molar-refractivity contribution in [3.05, 3.63) is 48.0 Å². The molecule has 0 spiro atoms. The summed E-state index contributed by atoms with van der Waals surface area (Å²) >= 11 is 0. The molecule has 1 aliphatic heterocycles. The maximum absolute atomic E-state index is 12.6. The molecule has 23 heavy (non-hydrogen) atoms. The Morgan fingerprint density at radius 1 is 1.17 bits per heavy atom. The summed E-state index contributed by atoms with van der Waals surface area (Å²) in [6, 6.07) is 13.0. The fourth-order valence-corrected chi connectivity index (χ4v) is 2.87. The minimum Gasteiger partial charge on any atom is -0.493 e. The van der Waals surface area contributed by atoms with Gasteiger partial charge in [0.2, 0.25) is 0 Å². The minimum atomic E-state index is -0.0811. The molecule has 2 N–H and O–H groups in total. The lowest BCUT2D eigenvalue weighted by molar-refractivity contribution is -0.120. The molecule has 1 heterocycles. The van der Waals surface area contributed by atoms with Gasteiger partial charge in [-0.3, -0.25) is 4.79 Å². The number of amides is 1. The van der Waals surface area contributed by atoms with E-state index in [2.05, 4.69) is 0 Å². The second kappa shape index (κ2) is 6.60. The number of nitrogen functional groups attached to an aromatic ring is 1. The smallest absolute Gasteiger partial charge is 0.264 e. The molecule has 0 radical (unpaired) electrons. The number of nitrogens with two attached hydrogens (primary N) is 1. The number of benzene rings is 2. The molecule has 0 aromatic heterocycles. The van der Waals surface area contributed by atoms with Crippen LogP contribution < -0.4 is 20.1 Å². The van der Waals surface area contributed by atoms with E-state index >= 15 is 0 Å². The van der Waals surface area contributed by atoms with Crippen LogP contribution in [0.5, 0.6) is 11.5 Å². The summed E-state index contributed by atoms with van der Waals surface area (Å²) in [4.78, 5) is 14.3. The van der Waals surface area contributed by atoms with E-state index in [1.807, 2.05) is 30.3 Å². The van der Waals surface area contributed by atoms with Crippen LogP contribution in [0, 0.1) is 0 Å². The number of carbonyl (C=O) groups is 1. The van der Waals surface area contributed by atoms with Crippen LogP contribution in [-0.4, -0.2) is 26.2 Å². The van der Waals surface area contributed by atoms with Gasteiger partial charge in [-0.05, 0) is 42.7 Å². The fourth-order valence-electron chi connectivity index (χ4n) is 2.87. The van der Waals surface area contributed by atoms with Gasteiger partial charge in [-0.1, -0.05) is 18.2 Å². The monoisotopic (exact) mass is 312 g/mol. The van der Waals surface area contributed by atoms with E-state index in [1.165, 1.54) is 0 Å². The minimum absolute atomic E-state index is 0.0331. The van der Waals surface area contributed by atoms with E-state index in [0.717, 1.165) is 29.8 Å². The zero-order valence-electron chi connectivity index (χ0n) is 13.1. The number of anilines is 2. The van der Waals surface area contributed by atoms with Gasteiger partial charge in [-0.2, -0.15) is 0 Å². The van der Waals surface area contributed by atoms with Gasteiger partial charge in [0.1, 0.15) is 0 Å². The van der Waals surface area contributed by atoms with Crippen LogP contribution in [0.1, 0.15) is 12.0 Å². The molecule has 5 nitrogen and oxygen atoms in total. The summed E-state index contributed by atoms with van der Waals surface area (Å²) < 4.78 is 10.9. The molecule has 1 amide bonds. The molecule has 0 saturated heterocycles. The van der Waals surface area contributed by atoms with Crippen LogP contribution in [0.2, 0.25) is 0 Å². The molecule has 1 aliphatic rings. The molecule has 0 atom stereocenters. The van der Waals surface area contributed by atoms with Gasteiger partial charge in [0.15, 0.2) is 18.1 Å². The van der Waals surface area contributed by atoms with Crippen LogP contribution in [-0.2, 0) is 11.2 Å². The molecule has 5 heteroatoms. The number of para-hydroxylation sites is 2. The Bertz CT molecular complexity index is 715. The van der Waals surface area contributed by atoms with Crippen molar-refractivity contribution in [3.8, 4) is 11.5 Å².